The molecule has 0 nitrogen and oxygen atoms in total. The van der Waals surface area contributed by atoms with Gasteiger partial charge in [-0.1, -0.05) is 112 Å². The van der Waals surface area contributed by atoms with E-state index in [1.54, 1.807) is 11.1 Å². The van der Waals surface area contributed by atoms with Crippen molar-refractivity contribution in [2.24, 2.45) is 0 Å². The summed E-state index contributed by atoms with van der Waals surface area (Å²) in [6, 6.07) is 16.8. The highest BCUT2D eigenvalue weighted by Gasteiger charge is 2.07. The molecule has 0 aliphatic rings. The first-order chi connectivity index (χ1) is 15.4. The molecule has 0 saturated heterocycles. The summed E-state index contributed by atoms with van der Waals surface area (Å²) in [5, 5.41) is 0. The van der Waals surface area contributed by atoms with Crippen LogP contribution in [0.25, 0.3) is 0 Å². The monoisotopic (exact) mass is 430 g/mol. The molecule has 0 unspecified atom stereocenters. The molecule has 32 heavy (non-hydrogen) atoms. The highest BCUT2D eigenvalue weighted by Crippen LogP contribution is 2.26. The molecule has 0 aliphatic heterocycles. The van der Waals surface area contributed by atoms with Crippen LogP contribution in [-0.4, -0.2) is 0 Å². The van der Waals surface area contributed by atoms with E-state index in [4.69, 9.17) is 6.42 Å². The Bertz CT molecular complexity index is 840. The maximum absolute atomic E-state index is 5.20. The third-order valence-corrected chi connectivity index (χ3v) is 5.36. The molecule has 0 radical (unpaired) electrons. The van der Waals surface area contributed by atoms with Gasteiger partial charge in [-0.2, -0.15) is 0 Å². The number of hydrogen-bond acceptors (Lipinski definition) is 0. The number of aryl methyl sites for hydroxylation is 3. The number of benzene rings is 2. The molecular formula is C32H46. The van der Waals surface area contributed by atoms with Gasteiger partial charge in [0.2, 0.25) is 0 Å². The van der Waals surface area contributed by atoms with Gasteiger partial charge in [0.25, 0.3) is 0 Å². The average Bonchev–Trinajstić information content (AvgIpc) is 2.80. The number of terminal acetylenes is 1. The van der Waals surface area contributed by atoms with Crippen LogP contribution in [0.1, 0.15) is 95.4 Å². The van der Waals surface area contributed by atoms with Crippen LogP contribution < -0.4 is 0 Å². The van der Waals surface area contributed by atoms with Crippen molar-refractivity contribution in [3.8, 4) is 12.3 Å². The van der Waals surface area contributed by atoms with E-state index in [0.29, 0.717) is 0 Å². The first-order valence-corrected chi connectivity index (χ1v) is 12.4. The minimum atomic E-state index is 0.984. The highest BCUT2D eigenvalue weighted by atomic mass is 14.1. The molecule has 0 amide bonds. The Hall–Kier alpha value is -2.52. The van der Waals surface area contributed by atoms with Gasteiger partial charge in [0.05, 0.1) is 0 Å². The molecule has 2 rings (SSSR count). The molecule has 0 saturated carbocycles. The van der Waals surface area contributed by atoms with Crippen molar-refractivity contribution in [3.63, 3.8) is 0 Å². The van der Waals surface area contributed by atoms with Crippen LogP contribution in [0, 0.1) is 26.2 Å². The zero-order valence-electron chi connectivity index (χ0n) is 21.9. The normalized spacial score (nSPS) is 10.6. The summed E-state index contributed by atoms with van der Waals surface area (Å²) < 4.78 is 0. The molecule has 0 N–H and O–H groups in total. The zero-order chi connectivity index (χ0) is 24.4. The predicted molar refractivity (Wildman–Crippen MR) is 146 cm³/mol. The summed E-state index contributed by atoms with van der Waals surface area (Å²) in [5.41, 5.74) is 9.43. The van der Waals surface area contributed by atoms with Crippen molar-refractivity contribution >= 4 is 0 Å². The van der Waals surface area contributed by atoms with E-state index in [2.05, 4.69) is 64.5 Å². The van der Waals surface area contributed by atoms with Crippen LogP contribution in [-0.2, 0) is 6.42 Å². The van der Waals surface area contributed by atoms with Crippen molar-refractivity contribution < 1.29 is 0 Å². The molecule has 0 atom stereocenters. The van der Waals surface area contributed by atoms with Gasteiger partial charge in [-0.3, -0.25) is 0 Å². The standard InChI is InChI=1S/C21H32.C9H8.C2H6/c1-6-9-20(21(10-7-2)17(3)4)12-8-11-19-15-13-18(5)14-16-19;1-3-9-7-5-4-6-8(9)2;1-2/h13-16H,3,6-12H2,1-2,4-5H3;1,4-7H,2H3;1-2H3/b21-20+;;. The highest BCUT2D eigenvalue weighted by molar-refractivity contribution is 5.38. The zero-order valence-corrected chi connectivity index (χ0v) is 21.9. The Morgan fingerprint density at radius 1 is 0.875 bits per heavy atom. The Labute approximate surface area is 199 Å². The quantitative estimate of drug-likeness (QED) is 0.274. The predicted octanol–water partition coefficient (Wildman–Crippen LogP) is 9.79. The molecule has 2 aromatic carbocycles. The molecule has 0 spiro atoms. The SMILES string of the molecule is C#Cc1ccccc1C.C=C(C)/C(CCC)=C(\CCC)CCCc1ccc(C)cc1.CC. The van der Waals surface area contributed by atoms with Crippen LogP contribution in [0.4, 0.5) is 0 Å². The molecule has 0 heteroatoms. The topological polar surface area (TPSA) is 0 Å². The third kappa shape index (κ3) is 11.8. The summed E-state index contributed by atoms with van der Waals surface area (Å²) in [4.78, 5) is 0. The lowest BCUT2D eigenvalue weighted by molar-refractivity contribution is 0.735. The fourth-order valence-corrected chi connectivity index (χ4v) is 3.67. The van der Waals surface area contributed by atoms with E-state index < -0.39 is 0 Å². The minimum absolute atomic E-state index is 0.984. The van der Waals surface area contributed by atoms with E-state index in [9.17, 15) is 0 Å². The summed E-state index contributed by atoms with van der Waals surface area (Å²) in [6.45, 7) is 19.1. The molecule has 0 heterocycles. The second-order valence-electron chi connectivity index (χ2n) is 8.16. The lowest BCUT2D eigenvalue weighted by Gasteiger charge is -2.15. The number of rotatable bonds is 9. The van der Waals surface area contributed by atoms with Crippen molar-refractivity contribution in [1.29, 1.82) is 0 Å². The van der Waals surface area contributed by atoms with E-state index >= 15 is 0 Å². The molecule has 2 aromatic rings. The van der Waals surface area contributed by atoms with Gasteiger partial charge in [0, 0.05) is 5.56 Å². The van der Waals surface area contributed by atoms with Crippen molar-refractivity contribution in [2.45, 2.75) is 93.4 Å². The molecule has 174 valence electrons. The Kier molecular flexibility index (Phi) is 16.7. The minimum Gasteiger partial charge on any atom is -0.115 e. The van der Waals surface area contributed by atoms with Gasteiger partial charge in [0.15, 0.2) is 0 Å². The maximum Gasteiger partial charge on any atom is 0.0271 e. The van der Waals surface area contributed by atoms with E-state index in [0.717, 1.165) is 5.56 Å². The second-order valence-corrected chi connectivity index (χ2v) is 8.16. The van der Waals surface area contributed by atoms with Crippen LogP contribution >= 0.6 is 0 Å². The van der Waals surface area contributed by atoms with Gasteiger partial charge in [-0.05, 0) is 75.6 Å². The fourth-order valence-electron chi connectivity index (χ4n) is 3.67. The van der Waals surface area contributed by atoms with Crippen molar-refractivity contribution in [1.82, 2.24) is 0 Å². The van der Waals surface area contributed by atoms with Gasteiger partial charge in [0.1, 0.15) is 0 Å². The van der Waals surface area contributed by atoms with Crippen LogP contribution in [0.2, 0.25) is 0 Å². The lowest BCUT2D eigenvalue weighted by Crippen LogP contribution is -1.96. The average molecular weight is 431 g/mol. The van der Waals surface area contributed by atoms with Gasteiger partial charge in [-0.25, -0.2) is 0 Å². The lowest BCUT2D eigenvalue weighted by atomic mass is 9.91. The molecule has 0 fully saturated rings. The molecule has 0 bridgehead atoms. The van der Waals surface area contributed by atoms with Gasteiger partial charge < -0.3 is 0 Å². The van der Waals surface area contributed by atoms with Crippen LogP contribution in [0.3, 0.4) is 0 Å². The Morgan fingerprint density at radius 2 is 1.47 bits per heavy atom. The fraction of sp³-hybridized carbons (Fsp3) is 0.438. The van der Waals surface area contributed by atoms with Crippen molar-refractivity contribution in [2.75, 3.05) is 0 Å². The van der Waals surface area contributed by atoms with Crippen molar-refractivity contribution in [3.05, 3.63) is 94.1 Å². The maximum atomic E-state index is 5.20. The first-order valence-electron chi connectivity index (χ1n) is 12.4. The first kappa shape index (κ1) is 29.5. The molecular weight excluding hydrogens is 384 g/mol. The largest absolute Gasteiger partial charge is 0.115 e. The third-order valence-electron chi connectivity index (χ3n) is 5.36. The number of hydrogen-bond donors (Lipinski definition) is 0. The summed E-state index contributed by atoms with van der Waals surface area (Å²) in [5.74, 6) is 2.60. The second kappa shape index (κ2) is 18.1. The molecule has 0 aromatic heterocycles. The van der Waals surface area contributed by atoms with E-state index in [1.165, 1.54) is 67.2 Å². The van der Waals surface area contributed by atoms with Gasteiger partial charge in [-0.15, -0.1) is 6.42 Å². The van der Waals surface area contributed by atoms with Crippen LogP contribution in [0.15, 0.2) is 71.8 Å². The van der Waals surface area contributed by atoms with Gasteiger partial charge >= 0.3 is 0 Å². The summed E-state index contributed by atoms with van der Waals surface area (Å²) in [6.07, 6.45) is 13.7. The number of allylic oxidation sites excluding steroid dienone is 3. The Balaban J connectivity index is 0.000000723. The van der Waals surface area contributed by atoms with E-state index in [-0.39, 0.29) is 0 Å². The Morgan fingerprint density at radius 3 is 1.94 bits per heavy atom. The molecule has 0 aliphatic carbocycles. The summed E-state index contributed by atoms with van der Waals surface area (Å²) >= 11 is 0. The summed E-state index contributed by atoms with van der Waals surface area (Å²) in [7, 11) is 0. The van der Waals surface area contributed by atoms with Crippen LogP contribution in [0.5, 0.6) is 0 Å². The smallest absolute Gasteiger partial charge is 0.0271 e. The van der Waals surface area contributed by atoms with E-state index in [1.807, 2.05) is 45.0 Å².